The first-order valence-corrected chi connectivity index (χ1v) is 10.3. The average Bonchev–Trinajstić information content (AvgIpc) is 3.31. The highest BCUT2D eigenvalue weighted by atomic mass is 16.5. The topological polar surface area (TPSA) is 112 Å². The standard InChI is InChI=1S/C21H31N5O2/c1-2-3-4-5-6-7-8-15-9-11-16(12-10-15)19-24-20(28-25-19)18-17(27)13-14-26(18)21(22)23/h9-12,17-18,27H,2-8,13-14H2,1H3,(H3,22,23)/t17-,18?/m0/s1. The lowest BCUT2D eigenvalue weighted by molar-refractivity contribution is 0.118. The maximum atomic E-state index is 10.2. The van der Waals surface area contributed by atoms with Crippen LogP contribution in [-0.4, -0.2) is 38.8 Å². The first-order chi connectivity index (χ1) is 13.6. The number of aliphatic hydroxyl groups excluding tert-OH is 1. The van der Waals surface area contributed by atoms with Crippen molar-refractivity contribution in [1.29, 1.82) is 5.41 Å². The average molecular weight is 386 g/mol. The fourth-order valence-electron chi connectivity index (χ4n) is 3.75. The molecule has 3 rings (SSSR count). The molecule has 1 aliphatic rings. The number of likely N-dealkylation sites (tertiary alicyclic amines) is 1. The molecule has 7 nitrogen and oxygen atoms in total. The van der Waals surface area contributed by atoms with E-state index in [1.165, 1.54) is 44.1 Å². The van der Waals surface area contributed by atoms with Gasteiger partial charge < -0.3 is 20.3 Å². The predicted molar refractivity (Wildman–Crippen MR) is 109 cm³/mol. The second kappa shape index (κ2) is 9.68. The van der Waals surface area contributed by atoms with Gasteiger partial charge in [-0.25, -0.2) is 0 Å². The normalized spacial score (nSPS) is 19.3. The van der Waals surface area contributed by atoms with E-state index >= 15 is 0 Å². The predicted octanol–water partition coefficient (Wildman–Crippen LogP) is 3.64. The Morgan fingerprint density at radius 2 is 1.93 bits per heavy atom. The SMILES string of the molecule is CCCCCCCCc1ccc(-c2noc(C3[C@@H](O)CCN3C(=N)N)n2)cc1. The molecule has 0 amide bonds. The number of nitrogens with zero attached hydrogens (tertiary/aromatic N) is 3. The van der Waals surface area contributed by atoms with Crippen molar-refractivity contribution < 1.29 is 9.63 Å². The number of hydrogen-bond acceptors (Lipinski definition) is 5. The van der Waals surface area contributed by atoms with Gasteiger partial charge in [-0.2, -0.15) is 4.98 Å². The molecular weight excluding hydrogens is 354 g/mol. The summed E-state index contributed by atoms with van der Waals surface area (Å²) in [4.78, 5) is 6.04. The number of aromatic nitrogens is 2. The van der Waals surface area contributed by atoms with Crippen LogP contribution in [0.3, 0.4) is 0 Å². The first-order valence-electron chi connectivity index (χ1n) is 10.3. The number of guanidine groups is 1. The van der Waals surface area contributed by atoms with Crippen molar-refractivity contribution in [3.05, 3.63) is 35.7 Å². The smallest absolute Gasteiger partial charge is 0.252 e. The second-order valence-corrected chi connectivity index (χ2v) is 7.55. The molecule has 2 atom stereocenters. The van der Waals surface area contributed by atoms with Crippen LogP contribution in [0.25, 0.3) is 11.4 Å². The second-order valence-electron chi connectivity index (χ2n) is 7.55. The minimum Gasteiger partial charge on any atom is -0.390 e. The van der Waals surface area contributed by atoms with Crippen LogP contribution in [0.1, 0.15) is 69.4 Å². The summed E-state index contributed by atoms with van der Waals surface area (Å²) >= 11 is 0. The van der Waals surface area contributed by atoms with Crippen LogP contribution < -0.4 is 5.73 Å². The van der Waals surface area contributed by atoms with Crippen molar-refractivity contribution in [2.45, 2.75) is 70.4 Å². The summed E-state index contributed by atoms with van der Waals surface area (Å²) in [7, 11) is 0. The van der Waals surface area contributed by atoms with Gasteiger partial charge >= 0.3 is 0 Å². The summed E-state index contributed by atoms with van der Waals surface area (Å²) < 4.78 is 5.38. The van der Waals surface area contributed by atoms with Gasteiger partial charge in [0.05, 0.1) is 6.10 Å². The molecule has 0 radical (unpaired) electrons. The third-order valence-electron chi connectivity index (χ3n) is 5.40. The summed E-state index contributed by atoms with van der Waals surface area (Å²) in [5.74, 6) is 0.690. The molecule has 7 heteroatoms. The van der Waals surface area contributed by atoms with Gasteiger partial charge in [-0.3, -0.25) is 5.41 Å². The minimum atomic E-state index is -0.670. The molecule has 0 saturated carbocycles. The molecule has 1 aromatic heterocycles. The van der Waals surface area contributed by atoms with E-state index in [1.807, 2.05) is 12.1 Å². The molecule has 1 aliphatic heterocycles. The number of hydrogen-bond donors (Lipinski definition) is 3. The van der Waals surface area contributed by atoms with Gasteiger partial charge in [-0.15, -0.1) is 0 Å². The Morgan fingerprint density at radius 3 is 2.64 bits per heavy atom. The third kappa shape index (κ3) is 4.90. The lowest BCUT2D eigenvalue weighted by Crippen LogP contribution is -2.37. The highest BCUT2D eigenvalue weighted by Crippen LogP contribution is 2.32. The molecule has 2 aromatic rings. The van der Waals surface area contributed by atoms with Crippen LogP contribution in [0, 0.1) is 5.41 Å². The Labute approximate surface area is 166 Å². The Morgan fingerprint density at radius 1 is 1.21 bits per heavy atom. The molecule has 1 fully saturated rings. The van der Waals surface area contributed by atoms with Gasteiger partial charge in [0.2, 0.25) is 5.82 Å². The van der Waals surface area contributed by atoms with E-state index in [4.69, 9.17) is 15.7 Å². The van der Waals surface area contributed by atoms with Crippen LogP contribution >= 0.6 is 0 Å². The Hall–Kier alpha value is -2.41. The van der Waals surface area contributed by atoms with Crippen LogP contribution in [0.4, 0.5) is 0 Å². The molecule has 0 spiro atoms. The lowest BCUT2D eigenvalue weighted by atomic mass is 10.0. The van der Waals surface area contributed by atoms with Crippen LogP contribution in [0.15, 0.2) is 28.8 Å². The van der Waals surface area contributed by atoms with Crippen molar-refractivity contribution in [2.24, 2.45) is 5.73 Å². The highest BCUT2D eigenvalue weighted by Gasteiger charge is 2.39. The fraction of sp³-hybridized carbons (Fsp3) is 0.571. The Bertz CT molecular complexity index is 758. The largest absolute Gasteiger partial charge is 0.390 e. The van der Waals surface area contributed by atoms with Crippen molar-refractivity contribution >= 4 is 5.96 Å². The molecule has 2 heterocycles. The van der Waals surface area contributed by atoms with E-state index in [9.17, 15) is 5.11 Å². The number of nitrogens with two attached hydrogens (primary N) is 1. The Balaban J connectivity index is 1.58. The van der Waals surface area contributed by atoms with Crippen LogP contribution in [0.5, 0.6) is 0 Å². The number of aryl methyl sites for hydroxylation is 1. The minimum absolute atomic E-state index is 0.0969. The van der Waals surface area contributed by atoms with E-state index in [-0.39, 0.29) is 5.96 Å². The number of unbranched alkanes of at least 4 members (excludes halogenated alkanes) is 5. The lowest BCUT2D eigenvalue weighted by Gasteiger charge is -2.22. The first kappa shape index (κ1) is 20.3. The quantitative estimate of drug-likeness (QED) is 0.345. The number of rotatable bonds is 9. The monoisotopic (exact) mass is 385 g/mol. The number of aliphatic hydroxyl groups is 1. The molecule has 1 saturated heterocycles. The molecule has 1 unspecified atom stereocenters. The zero-order valence-corrected chi connectivity index (χ0v) is 16.6. The van der Waals surface area contributed by atoms with Gasteiger partial charge in [-0.05, 0) is 24.8 Å². The highest BCUT2D eigenvalue weighted by molar-refractivity contribution is 5.75. The third-order valence-corrected chi connectivity index (χ3v) is 5.40. The number of benzene rings is 1. The van der Waals surface area contributed by atoms with Gasteiger partial charge in [0.25, 0.3) is 5.89 Å². The summed E-state index contributed by atoms with van der Waals surface area (Å²) in [5, 5.41) is 21.9. The van der Waals surface area contributed by atoms with Crippen LogP contribution in [0.2, 0.25) is 0 Å². The Kier molecular flexibility index (Phi) is 7.03. The van der Waals surface area contributed by atoms with E-state index in [0.29, 0.717) is 24.7 Å². The maximum absolute atomic E-state index is 10.2. The van der Waals surface area contributed by atoms with E-state index in [0.717, 1.165) is 12.0 Å². The van der Waals surface area contributed by atoms with Gasteiger partial charge in [0, 0.05) is 12.1 Å². The summed E-state index contributed by atoms with van der Waals surface area (Å²) in [5.41, 5.74) is 7.80. The van der Waals surface area contributed by atoms with Gasteiger partial charge in [-0.1, -0.05) is 68.4 Å². The zero-order valence-electron chi connectivity index (χ0n) is 16.6. The van der Waals surface area contributed by atoms with Crippen molar-refractivity contribution in [3.63, 3.8) is 0 Å². The van der Waals surface area contributed by atoms with Crippen molar-refractivity contribution in [1.82, 2.24) is 15.0 Å². The van der Waals surface area contributed by atoms with E-state index in [1.54, 1.807) is 4.90 Å². The summed E-state index contributed by atoms with van der Waals surface area (Å²) in [6.45, 7) is 2.75. The van der Waals surface area contributed by atoms with E-state index in [2.05, 4.69) is 29.2 Å². The summed E-state index contributed by atoms with van der Waals surface area (Å²) in [6, 6.07) is 7.70. The molecule has 0 aliphatic carbocycles. The molecule has 152 valence electrons. The maximum Gasteiger partial charge on any atom is 0.252 e. The van der Waals surface area contributed by atoms with Crippen LogP contribution in [-0.2, 0) is 6.42 Å². The zero-order chi connectivity index (χ0) is 19.9. The molecule has 1 aromatic carbocycles. The summed E-state index contributed by atoms with van der Waals surface area (Å²) in [6.07, 6.45) is 8.73. The van der Waals surface area contributed by atoms with Crippen molar-refractivity contribution in [3.8, 4) is 11.4 Å². The van der Waals surface area contributed by atoms with Crippen molar-refractivity contribution in [2.75, 3.05) is 6.54 Å². The van der Waals surface area contributed by atoms with E-state index < -0.39 is 12.1 Å². The molecule has 0 bridgehead atoms. The fourth-order valence-corrected chi connectivity index (χ4v) is 3.75. The molecule has 28 heavy (non-hydrogen) atoms. The number of nitrogens with one attached hydrogen (secondary N) is 1. The van der Waals surface area contributed by atoms with Gasteiger partial charge in [0.1, 0.15) is 6.04 Å². The molecular formula is C21H31N5O2. The molecule has 4 N–H and O–H groups in total. The van der Waals surface area contributed by atoms with Gasteiger partial charge in [0.15, 0.2) is 5.96 Å².